The molecule has 7 nitrogen and oxygen atoms in total. The highest BCUT2D eigenvalue weighted by Crippen LogP contribution is 2.04. The van der Waals surface area contributed by atoms with E-state index in [-0.39, 0.29) is 5.57 Å². The Labute approximate surface area is 103 Å². The molecule has 3 atom stereocenters. The molecule has 0 aliphatic heterocycles. The van der Waals surface area contributed by atoms with Crippen LogP contribution in [-0.4, -0.2) is 62.7 Å². The highest BCUT2D eigenvalue weighted by atomic mass is 16.4. The molecule has 0 aromatic rings. The van der Waals surface area contributed by atoms with Crippen molar-refractivity contribution in [3.05, 3.63) is 11.6 Å². The number of allylic oxidation sites excluding steroid dienone is 2. The fourth-order valence-corrected chi connectivity index (χ4v) is 1.03. The molecule has 0 spiro atoms. The highest BCUT2D eigenvalue weighted by Gasteiger charge is 2.36. The summed E-state index contributed by atoms with van der Waals surface area (Å²) in [5.74, 6) is -3.87. The molecule has 0 unspecified atom stereocenters. The molecule has 0 aliphatic rings. The van der Waals surface area contributed by atoms with Crippen LogP contribution in [-0.2, 0) is 14.4 Å². The van der Waals surface area contributed by atoms with Gasteiger partial charge in [-0.25, -0.2) is 0 Å². The Bertz CT molecular complexity index is 372. The Morgan fingerprint density at radius 3 is 2.06 bits per heavy atom. The fraction of sp³-hybridized carbons (Fsp3) is 0.545. The average Bonchev–Trinajstić information content (AvgIpc) is 2.40. The van der Waals surface area contributed by atoms with E-state index in [1.807, 2.05) is 0 Å². The smallest absolute Gasteiger partial charge is 0.239 e. The Hall–Kier alpha value is -1.41. The lowest BCUT2D eigenvalue weighted by molar-refractivity contribution is -0.152. The highest BCUT2D eigenvalue weighted by molar-refractivity contribution is 6.48. The number of aliphatic hydroxyl groups is 4. The molecule has 0 amide bonds. The molecule has 18 heavy (non-hydrogen) atoms. The van der Waals surface area contributed by atoms with Crippen LogP contribution in [0.25, 0.3) is 0 Å². The van der Waals surface area contributed by atoms with Crippen molar-refractivity contribution in [2.24, 2.45) is 0 Å². The topological polar surface area (TPSA) is 132 Å². The van der Waals surface area contributed by atoms with Gasteiger partial charge >= 0.3 is 0 Å². The summed E-state index contributed by atoms with van der Waals surface area (Å²) in [7, 11) is 0. The van der Waals surface area contributed by atoms with E-state index >= 15 is 0 Å². The van der Waals surface area contributed by atoms with Crippen LogP contribution >= 0.6 is 0 Å². The quantitative estimate of drug-likeness (QED) is 0.230. The summed E-state index contributed by atoms with van der Waals surface area (Å²) < 4.78 is 0. The van der Waals surface area contributed by atoms with E-state index in [9.17, 15) is 24.6 Å². The van der Waals surface area contributed by atoms with E-state index in [0.29, 0.717) is 0 Å². The van der Waals surface area contributed by atoms with Crippen LogP contribution in [0.1, 0.15) is 13.8 Å². The molecule has 0 saturated heterocycles. The van der Waals surface area contributed by atoms with Crippen LogP contribution in [0.5, 0.6) is 0 Å². The summed E-state index contributed by atoms with van der Waals surface area (Å²) in [4.78, 5) is 34.1. The van der Waals surface area contributed by atoms with E-state index in [1.54, 1.807) is 0 Å². The van der Waals surface area contributed by atoms with Crippen molar-refractivity contribution < 1.29 is 34.8 Å². The lowest BCUT2D eigenvalue weighted by Gasteiger charge is -2.16. The van der Waals surface area contributed by atoms with Gasteiger partial charge in [0, 0.05) is 0 Å². The largest absolute Gasteiger partial charge is 0.394 e. The summed E-state index contributed by atoms with van der Waals surface area (Å²) in [6, 6.07) is 0. The van der Waals surface area contributed by atoms with Gasteiger partial charge in [-0.3, -0.25) is 14.4 Å². The van der Waals surface area contributed by atoms with Gasteiger partial charge in [-0.2, -0.15) is 0 Å². The van der Waals surface area contributed by atoms with Crippen LogP contribution in [0, 0.1) is 0 Å². The average molecular weight is 260 g/mol. The van der Waals surface area contributed by atoms with Crippen LogP contribution in [0.15, 0.2) is 11.6 Å². The van der Waals surface area contributed by atoms with Crippen LogP contribution in [0.4, 0.5) is 0 Å². The summed E-state index contributed by atoms with van der Waals surface area (Å²) in [5.41, 5.74) is 0.0454. The van der Waals surface area contributed by atoms with Crippen LogP contribution in [0.3, 0.4) is 0 Å². The summed E-state index contributed by atoms with van der Waals surface area (Å²) in [5, 5.41) is 36.0. The van der Waals surface area contributed by atoms with Crippen LogP contribution < -0.4 is 0 Å². The SMILES string of the molecule is C/C=C(\C)C(=O)C(=O)[C@H](O)C(=O)[C@H](O)[C@H](O)CO. The fourth-order valence-electron chi connectivity index (χ4n) is 1.03. The second-order valence-corrected chi connectivity index (χ2v) is 3.66. The first-order chi connectivity index (χ1) is 8.27. The van der Waals surface area contributed by atoms with Gasteiger partial charge in [0.15, 0.2) is 11.9 Å². The predicted molar refractivity (Wildman–Crippen MR) is 59.6 cm³/mol. The van der Waals surface area contributed by atoms with E-state index in [4.69, 9.17) is 10.2 Å². The molecular weight excluding hydrogens is 244 g/mol. The normalized spacial score (nSPS) is 16.9. The number of aliphatic hydroxyl groups excluding tert-OH is 4. The van der Waals surface area contributed by atoms with Gasteiger partial charge < -0.3 is 20.4 Å². The molecule has 0 saturated carbocycles. The first kappa shape index (κ1) is 16.6. The number of carbonyl (C=O) groups is 3. The van der Waals surface area contributed by atoms with Crippen molar-refractivity contribution in [3.63, 3.8) is 0 Å². The Morgan fingerprint density at radius 1 is 1.17 bits per heavy atom. The van der Waals surface area contributed by atoms with E-state index in [0.717, 1.165) is 0 Å². The van der Waals surface area contributed by atoms with E-state index in [2.05, 4.69) is 0 Å². The molecule has 0 heterocycles. The summed E-state index contributed by atoms with van der Waals surface area (Å²) in [6.07, 6.45) is -4.98. The Kier molecular flexibility index (Phi) is 6.56. The van der Waals surface area contributed by atoms with Crippen molar-refractivity contribution in [1.29, 1.82) is 0 Å². The van der Waals surface area contributed by atoms with Gasteiger partial charge in [0.1, 0.15) is 12.2 Å². The van der Waals surface area contributed by atoms with Gasteiger partial charge in [-0.15, -0.1) is 0 Å². The summed E-state index contributed by atoms with van der Waals surface area (Å²) in [6.45, 7) is 1.91. The molecule has 0 aromatic heterocycles. The molecule has 0 fully saturated rings. The van der Waals surface area contributed by atoms with Crippen molar-refractivity contribution in [1.82, 2.24) is 0 Å². The molecule has 0 radical (unpaired) electrons. The van der Waals surface area contributed by atoms with Gasteiger partial charge in [-0.1, -0.05) is 6.08 Å². The molecule has 102 valence electrons. The number of Topliss-reactive ketones (excluding diaryl/α,β-unsaturated/α-hetero) is 3. The third-order valence-electron chi connectivity index (χ3n) is 2.38. The van der Waals surface area contributed by atoms with E-state index in [1.165, 1.54) is 19.9 Å². The maximum Gasteiger partial charge on any atom is 0.239 e. The monoisotopic (exact) mass is 260 g/mol. The zero-order valence-electron chi connectivity index (χ0n) is 10.0. The standard InChI is InChI=1S/C11H16O7/c1-3-5(2)7(14)9(16)11(18)10(17)8(15)6(13)4-12/h3,6,8,11-13,15,18H,4H2,1-2H3/b5-3+/t6-,8-,11+/m1/s1. The molecule has 7 heteroatoms. The minimum Gasteiger partial charge on any atom is -0.394 e. The predicted octanol–water partition coefficient (Wildman–Crippen LogP) is -2.27. The minimum absolute atomic E-state index is 0.0454. The first-order valence-corrected chi connectivity index (χ1v) is 5.18. The van der Waals surface area contributed by atoms with Crippen molar-refractivity contribution in [2.45, 2.75) is 32.2 Å². The second kappa shape index (κ2) is 7.12. The third kappa shape index (κ3) is 3.81. The maximum atomic E-state index is 11.4. The lowest BCUT2D eigenvalue weighted by Crippen LogP contribution is -2.46. The second-order valence-electron chi connectivity index (χ2n) is 3.66. The van der Waals surface area contributed by atoms with Gasteiger partial charge in [0.2, 0.25) is 11.6 Å². The number of rotatable bonds is 7. The lowest BCUT2D eigenvalue weighted by atomic mass is 9.98. The Morgan fingerprint density at radius 2 is 1.67 bits per heavy atom. The zero-order valence-corrected chi connectivity index (χ0v) is 10.0. The van der Waals surface area contributed by atoms with Gasteiger partial charge in [0.05, 0.1) is 6.61 Å². The first-order valence-electron chi connectivity index (χ1n) is 5.18. The van der Waals surface area contributed by atoms with Crippen molar-refractivity contribution in [2.75, 3.05) is 6.61 Å². The molecule has 4 N–H and O–H groups in total. The maximum absolute atomic E-state index is 11.4. The van der Waals surface area contributed by atoms with Crippen molar-refractivity contribution >= 4 is 17.3 Å². The molecular formula is C11H16O7. The molecule has 0 aliphatic carbocycles. The van der Waals surface area contributed by atoms with Gasteiger partial charge in [0.25, 0.3) is 0 Å². The van der Waals surface area contributed by atoms with Gasteiger partial charge in [-0.05, 0) is 19.4 Å². The van der Waals surface area contributed by atoms with Crippen LogP contribution in [0.2, 0.25) is 0 Å². The number of ketones is 3. The number of carbonyl (C=O) groups excluding carboxylic acids is 3. The third-order valence-corrected chi connectivity index (χ3v) is 2.38. The minimum atomic E-state index is -2.36. The molecule has 0 aromatic carbocycles. The molecule has 0 rings (SSSR count). The molecule has 0 bridgehead atoms. The Balaban J connectivity index is 4.85. The summed E-state index contributed by atoms with van der Waals surface area (Å²) >= 11 is 0. The number of hydrogen-bond acceptors (Lipinski definition) is 7. The van der Waals surface area contributed by atoms with Crippen molar-refractivity contribution in [3.8, 4) is 0 Å². The van der Waals surface area contributed by atoms with E-state index < -0.39 is 42.3 Å². The number of hydrogen-bond donors (Lipinski definition) is 4. The zero-order chi connectivity index (χ0) is 14.5.